The molecule has 3 aromatic heterocycles. The van der Waals surface area contributed by atoms with Crippen molar-refractivity contribution in [3.8, 4) is 11.3 Å². The van der Waals surface area contributed by atoms with Crippen molar-refractivity contribution >= 4 is 22.2 Å². The number of hydrogen-bond acceptors (Lipinski definition) is 6. The minimum Gasteiger partial charge on any atom is -0.337 e. The van der Waals surface area contributed by atoms with Gasteiger partial charge in [-0.3, -0.25) is 9.20 Å². The zero-order valence-corrected chi connectivity index (χ0v) is 16.4. The third-order valence-electron chi connectivity index (χ3n) is 4.29. The van der Waals surface area contributed by atoms with Gasteiger partial charge in [-0.25, -0.2) is 9.37 Å². The zero-order chi connectivity index (χ0) is 19.8. The second-order valence-electron chi connectivity index (χ2n) is 6.77. The minimum atomic E-state index is -0.302. The van der Waals surface area contributed by atoms with Gasteiger partial charge in [-0.05, 0) is 24.3 Å². The van der Waals surface area contributed by atoms with Gasteiger partial charge in [0.05, 0.1) is 5.69 Å². The number of nitrogens with zero attached hydrogens (tertiary/aromatic N) is 5. The highest BCUT2D eigenvalue weighted by Crippen LogP contribution is 2.24. The average molecular weight is 399 g/mol. The molecule has 3 heterocycles. The number of carbonyl (C=O) groups excluding carboxylic acids is 1. The van der Waals surface area contributed by atoms with E-state index in [1.165, 1.54) is 28.4 Å². The summed E-state index contributed by atoms with van der Waals surface area (Å²) in [5, 5.41) is 5.69. The Morgan fingerprint density at radius 3 is 2.71 bits per heavy atom. The zero-order valence-electron chi connectivity index (χ0n) is 15.6. The summed E-state index contributed by atoms with van der Waals surface area (Å²) in [4.78, 5) is 24.0. The van der Waals surface area contributed by atoms with E-state index < -0.39 is 0 Å². The Kier molecular flexibility index (Phi) is 4.68. The molecule has 0 spiro atoms. The molecule has 0 aliphatic heterocycles. The number of carbonyl (C=O) groups is 1. The Morgan fingerprint density at radius 2 is 2.04 bits per heavy atom. The van der Waals surface area contributed by atoms with Gasteiger partial charge in [-0.15, -0.1) is 11.3 Å². The Morgan fingerprint density at radius 1 is 1.29 bits per heavy atom. The lowest BCUT2D eigenvalue weighted by Gasteiger charge is -2.13. The van der Waals surface area contributed by atoms with Gasteiger partial charge >= 0.3 is 0 Å². The summed E-state index contributed by atoms with van der Waals surface area (Å²) in [6.45, 7) is 4.17. The number of thiazole rings is 1. The van der Waals surface area contributed by atoms with Gasteiger partial charge in [0.1, 0.15) is 18.1 Å². The molecule has 4 rings (SSSR count). The molecule has 0 N–H and O–H groups in total. The standard InChI is InChI=1S/C19H18FN5O2S/c1-11(2)17-22-16(27-23-17)9-24(3)18(26)15-10-28-19-21-14(8-25(15)19)12-4-6-13(20)7-5-12/h4-8,10-11H,9H2,1-3H3. The number of aromatic nitrogens is 4. The largest absolute Gasteiger partial charge is 0.337 e. The van der Waals surface area contributed by atoms with E-state index in [9.17, 15) is 9.18 Å². The van der Waals surface area contributed by atoms with Crippen LogP contribution >= 0.6 is 11.3 Å². The predicted octanol–water partition coefficient (Wildman–Crippen LogP) is 3.98. The van der Waals surface area contributed by atoms with Crippen LogP contribution in [0.3, 0.4) is 0 Å². The molecule has 1 amide bonds. The van der Waals surface area contributed by atoms with Gasteiger partial charge in [0, 0.05) is 30.1 Å². The predicted molar refractivity (Wildman–Crippen MR) is 103 cm³/mol. The van der Waals surface area contributed by atoms with Crippen molar-refractivity contribution in [1.29, 1.82) is 0 Å². The topological polar surface area (TPSA) is 76.5 Å². The molecule has 1 aromatic carbocycles. The van der Waals surface area contributed by atoms with Crippen LogP contribution in [0, 0.1) is 5.82 Å². The van der Waals surface area contributed by atoms with E-state index in [2.05, 4.69) is 15.1 Å². The van der Waals surface area contributed by atoms with Crippen molar-refractivity contribution in [3.05, 3.63) is 59.1 Å². The SMILES string of the molecule is CC(C)c1noc(CN(C)C(=O)c2csc3nc(-c4ccc(F)cc4)cn23)n1. The summed E-state index contributed by atoms with van der Waals surface area (Å²) < 4.78 is 20.1. The normalized spacial score (nSPS) is 11.5. The van der Waals surface area contributed by atoms with Crippen molar-refractivity contribution in [2.24, 2.45) is 0 Å². The molecule has 4 aromatic rings. The molecule has 144 valence electrons. The fourth-order valence-electron chi connectivity index (χ4n) is 2.73. The first kappa shape index (κ1) is 18.3. The second-order valence-corrected chi connectivity index (χ2v) is 7.61. The lowest BCUT2D eigenvalue weighted by Crippen LogP contribution is -2.27. The second kappa shape index (κ2) is 7.16. The van der Waals surface area contributed by atoms with Crippen LogP contribution < -0.4 is 0 Å². The van der Waals surface area contributed by atoms with Gasteiger partial charge in [0.2, 0.25) is 5.89 Å². The maximum atomic E-state index is 13.1. The van der Waals surface area contributed by atoms with Crippen molar-refractivity contribution in [1.82, 2.24) is 24.4 Å². The number of fused-ring (bicyclic) bond motifs is 1. The van der Waals surface area contributed by atoms with Crippen LogP contribution in [0.1, 0.15) is 42.0 Å². The molecule has 7 nitrogen and oxygen atoms in total. The van der Waals surface area contributed by atoms with Gasteiger partial charge in [-0.1, -0.05) is 19.0 Å². The third kappa shape index (κ3) is 3.40. The van der Waals surface area contributed by atoms with Crippen LogP contribution in [0.5, 0.6) is 0 Å². The van der Waals surface area contributed by atoms with E-state index in [1.54, 1.807) is 35.2 Å². The summed E-state index contributed by atoms with van der Waals surface area (Å²) in [5.74, 6) is 0.685. The van der Waals surface area contributed by atoms with E-state index in [0.717, 1.165) is 5.56 Å². The van der Waals surface area contributed by atoms with Gasteiger partial charge < -0.3 is 9.42 Å². The lowest BCUT2D eigenvalue weighted by atomic mass is 10.2. The van der Waals surface area contributed by atoms with Crippen molar-refractivity contribution in [2.75, 3.05) is 7.05 Å². The minimum absolute atomic E-state index is 0.158. The molecule has 9 heteroatoms. The molecule has 0 saturated heterocycles. The Labute approximate surface area is 164 Å². The van der Waals surface area contributed by atoms with Gasteiger partial charge in [0.25, 0.3) is 5.91 Å². The molecule has 0 aliphatic rings. The molecule has 0 aliphatic carbocycles. The Hall–Kier alpha value is -3.07. The molecule has 0 bridgehead atoms. The number of amides is 1. The summed E-state index contributed by atoms with van der Waals surface area (Å²) in [6.07, 6.45) is 1.78. The number of halogens is 1. The maximum Gasteiger partial charge on any atom is 0.271 e. The summed E-state index contributed by atoms with van der Waals surface area (Å²) in [6, 6.07) is 6.10. The molecule has 0 saturated carbocycles. The van der Waals surface area contributed by atoms with E-state index >= 15 is 0 Å². The number of hydrogen-bond donors (Lipinski definition) is 0. The van der Waals surface area contributed by atoms with Crippen molar-refractivity contribution in [2.45, 2.75) is 26.3 Å². The highest BCUT2D eigenvalue weighted by molar-refractivity contribution is 7.15. The first-order chi connectivity index (χ1) is 13.4. The van der Waals surface area contributed by atoms with E-state index in [-0.39, 0.29) is 24.2 Å². The van der Waals surface area contributed by atoms with Crippen molar-refractivity contribution in [3.63, 3.8) is 0 Å². The summed E-state index contributed by atoms with van der Waals surface area (Å²) in [5.41, 5.74) is 1.96. The lowest BCUT2D eigenvalue weighted by molar-refractivity contribution is 0.0763. The maximum absolute atomic E-state index is 13.1. The van der Waals surface area contributed by atoms with Crippen LogP contribution in [-0.2, 0) is 6.54 Å². The highest BCUT2D eigenvalue weighted by atomic mass is 32.1. The summed E-state index contributed by atoms with van der Waals surface area (Å²) >= 11 is 1.37. The van der Waals surface area contributed by atoms with E-state index in [4.69, 9.17) is 4.52 Å². The van der Waals surface area contributed by atoms with Crippen LogP contribution in [0.15, 0.2) is 40.4 Å². The fourth-order valence-corrected chi connectivity index (χ4v) is 3.58. The summed E-state index contributed by atoms with van der Waals surface area (Å²) in [7, 11) is 1.68. The van der Waals surface area contributed by atoms with Gasteiger partial charge in [-0.2, -0.15) is 4.98 Å². The van der Waals surface area contributed by atoms with Crippen LogP contribution in [0.25, 0.3) is 16.2 Å². The molecule has 0 fully saturated rings. The number of imidazole rings is 1. The van der Waals surface area contributed by atoms with Crippen LogP contribution in [0.4, 0.5) is 4.39 Å². The van der Waals surface area contributed by atoms with Crippen LogP contribution in [-0.4, -0.2) is 37.4 Å². The molecule has 0 atom stereocenters. The molecular weight excluding hydrogens is 381 g/mol. The third-order valence-corrected chi connectivity index (χ3v) is 5.13. The van der Waals surface area contributed by atoms with E-state index in [1.807, 2.05) is 13.8 Å². The molecule has 28 heavy (non-hydrogen) atoms. The van der Waals surface area contributed by atoms with Gasteiger partial charge in [0.15, 0.2) is 10.8 Å². The molecule has 0 radical (unpaired) electrons. The quantitative estimate of drug-likeness (QED) is 0.507. The smallest absolute Gasteiger partial charge is 0.271 e. The number of benzene rings is 1. The Bertz CT molecular complexity index is 1130. The Balaban J connectivity index is 1.57. The number of rotatable bonds is 5. The van der Waals surface area contributed by atoms with Crippen LogP contribution in [0.2, 0.25) is 0 Å². The fraction of sp³-hybridized carbons (Fsp3) is 0.263. The van der Waals surface area contributed by atoms with Crippen molar-refractivity contribution < 1.29 is 13.7 Å². The monoisotopic (exact) mass is 399 g/mol. The average Bonchev–Trinajstić information content (AvgIpc) is 3.37. The van der Waals surface area contributed by atoms with E-state index in [0.29, 0.717) is 28.1 Å². The first-order valence-electron chi connectivity index (χ1n) is 8.73. The molecular formula is C19H18FN5O2S. The highest BCUT2D eigenvalue weighted by Gasteiger charge is 2.21. The first-order valence-corrected chi connectivity index (χ1v) is 9.61. The molecule has 0 unspecified atom stereocenters.